The first-order valence-corrected chi connectivity index (χ1v) is 10.9. The average Bonchev–Trinajstić information content (AvgIpc) is 2.69. The Balaban J connectivity index is 1.75. The molecule has 0 unspecified atom stereocenters. The third-order valence-electron chi connectivity index (χ3n) is 4.14. The smallest absolute Gasteiger partial charge is 0.163 e. The lowest BCUT2D eigenvalue weighted by atomic mass is 10.2. The maximum Gasteiger partial charge on any atom is 0.163 e. The van der Waals surface area contributed by atoms with Gasteiger partial charge in [-0.3, -0.25) is 0 Å². The van der Waals surface area contributed by atoms with Gasteiger partial charge in [0.05, 0.1) is 6.61 Å². The van der Waals surface area contributed by atoms with Gasteiger partial charge in [0, 0.05) is 43.4 Å². The highest BCUT2D eigenvalue weighted by atomic mass is 79.9. The number of rotatable bonds is 8. The standard InChI is InChI=1S/C22H19BrCl3NO2/c1-2-28-21-9-15(12-27-18-7-4-16(23)5-8-18)20(26)11-22(21)29-13-14-3-6-17(24)10-19(14)25/h3-11,27H,2,12-13H2,1H3. The molecular formula is C22H19BrCl3NO2. The van der Waals surface area contributed by atoms with Crippen LogP contribution in [0.2, 0.25) is 15.1 Å². The third-order valence-corrected chi connectivity index (χ3v) is 5.61. The van der Waals surface area contributed by atoms with Gasteiger partial charge in [0.1, 0.15) is 6.61 Å². The summed E-state index contributed by atoms with van der Waals surface area (Å²) in [6.45, 7) is 3.28. The van der Waals surface area contributed by atoms with E-state index < -0.39 is 0 Å². The summed E-state index contributed by atoms with van der Waals surface area (Å²) in [6, 6.07) is 16.9. The summed E-state index contributed by atoms with van der Waals surface area (Å²) in [6.07, 6.45) is 0. The number of anilines is 1. The molecule has 1 N–H and O–H groups in total. The zero-order valence-electron chi connectivity index (χ0n) is 15.6. The van der Waals surface area contributed by atoms with Gasteiger partial charge < -0.3 is 14.8 Å². The molecule has 29 heavy (non-hydrogen) atoms. The lowest BCUT2D eigenvalue weighted by molar-refractivity contribution is 0.269. The lowest BCUT2D eigenvalue weighted by Gasteiger charge is -2.16. The molecule has 3 aromatic rings. The van der Waals surface area contributed by atoms with Crippen molar-refractivity contribution in [2.45, 2.75) is 20.1 Å². The summed E-state index contributed by atoms with van der Waals surface area (Å²) in [5.41, 5.74) is 2.74. The monoisotopic (exact) mass is 513 g/mol. The van der Waals surface area contributed by atoms with Crippen molar-refractivity contribution in [3.05, 3.63) is 85.3 Å². The third kappa shape index (κ3) is 6.19. The summed E-state index contributed by atoms with van der Waals surface area (Å²) in [4.78, 5) is 0. The van der Waals surface area contributed by atoms with Crippen LogP contribution in [0, 0.1) is 0 Å². The van der Waals surface area contributed by atoms with Crippen LogP contribution in [0.1, 0.15) is 18.1 Å². The predicted molar refractivity (Wildman–Crippen MR) is 125 cm³/mol. The average molecular weight is 516 g/mol. The van der Waals surface area contributed by atoms with E-state index in [0.717, 1.165) is 21.3 Å². The SMILES string of the molecule is CCOc1cc(CNc2ccc(Br)cc2)c(Cl)cc1OCc1ccc(Cl)cc1Cl. The summed E-state index contributed by atoms with van der Waals surface area (Å²) in [7, 11) is 0. The molecule has 7 heteroatoms. The Kier molecular flexibility index (Phi) is 7.96. The van der Waals surface area contributed by atoms with Crippen LogP contribution in [0.25, 0.3) is 0 Å². The minimum Gasteiger partial charge on any atom is -0.490 e. The molecule has 0 saturated carbocycles. The van der Waals surface area contributed by atoms with E-state index in [-0.39, 0.29) is 6.61 Å². The van der Waals surface area contributed by atoms with Crippen molar-refractivity contribution in [3.8, 4) is 11.5 Å². The Morgan fingerprint density at radius 2 is 1.52 bits per heavy atom. The highest BCUT2D eigenvalue weighted by molar-refractivity contribution is 9.10. The maximum absolute atomic E-state index is 6.50. The number of ether oxygens (including phenoxy) is 2. The van der Waals surface area contributed by atoms with E-state index in [1.807, 2.05) is 43.3 Å². The highest BCUT2D eigenvalue weighted by Gasteiger charge is 2.12. The normalized spacial score (nSPS) is 10.7. The Bertz CT molecular complexity index is 981. The van der Waals surface area contributed by atoms with E-state index in [4.69, 9.17) is 44.3 Å². The highest BCUT2D eigenvalue weighted by Crippen LogP contribution is 2.35. The molecule has 0 bridgehead atoms. The Hall–Kier alpha value is -1.59. The van der Waals surface area contributed by atoms with E-state index >= 15 is 0 Å². The fourth-order valence-electron chi connectivity index (χ4n) is 2.65. The second-order valence-electron chi connectivity index (χ2n) is 6.21. The first kappa shape index (κ1) is 22.1. The fourth-order valence-corrected chi connectivity index (χ4v) is 3.60. The first-order chi connectivity index (χ1) is 14.0. The Labute approximate surface area is 194 Å². The number of hydrogen-bond acceptors (Lipinski definition) is 3. The van der Waals surface area contributed by atoms with Crippen LogP contribution < -0.4 is 14.8 Å². The van der Waals surface area contributed by atoms with E-state index in [1.54, 1.807) is 18.2 Å². The topological polar surface area (TPSA) is 30.5 Å². The van der Waals surface area contributed by atoms with E-state index in [1.165, 1.54) is 0 Å². The second kappa shape index (κ2) is 10.4. The first-order valence-electron chi connectivity index (χ1n) is 8.97. The van der Waals surface area contributed by atoms with Crippen LogP contribution in [-0.4, -0.2) is 6.61 Å². The van der Waals surface area contributed by atoms with Crippen LogP contribution in [0.5, 0.6) is 11.5 Å². The summed E-state index contributed by atoms with van der Waals surface area (Å²) in [5.74, 6) is 1.20. The molecule has 152 valence electrons. The van der Waals surface area contributed by atoms with Crippen molar-refractivity contribution >= 4 is 56.4 Å². The van der Waals surface area contributed by atoms with Crippen molar-refractivity contribution in [2.24, 2.45) is 0 Å². The van der Waals surface area contributed by atoms with Crippen LogP contribution >= 0.6 is 50.7 Å². The van der Waals surface area contributed by atoms with E-state index in [0.29, 0.717) is 39.7 Å². The molecule has 3 rings (SSSR count). The summed E-state index contributed by atoms with van der Waals surface area (Å²) < 4.78 is 12.7. The minimum absolute atomic E-state index is 0.281. The van der Waals surface area contributed by atoms with Gasteiger partial charge in [-0.25, -0.2) is 0 Å². The molecule has 0 aliphatic rings. The van der Waals surface area contributed by atoms with Crippen LogP contribution in [0.4, 0.5) is 5.69 Å². The number of benzene rings is 3. The summed E-state index contributed by atoms with van der Waals surface area (Å²) in [5, 5.41) is 5.09. The van der Waals surface area contributed by atoms with Gasteiger partial charge in [0.2, 0.25) is 0 Å². The molecule has 3 nitrogen and oxygen atoms in total. The van der Waals surface area contributed by atoms with Crippen molar-refractivity contribution < 1.29 is 9.47 Å². The predicted octanol–water partition coefficient (Wildman–Crippen LogP) is 8.00. The van der Waals surface area contributed by atoms with Crippen molar-refractivity contribution in [1.29, 1.82) is 0 Å². The zero-order chi connectivity index (χ0) is 20.8. The van der Waals surface area contributed by atoms with Crippen molar-refractivity contribution in [2.75, 3.05) is 11.9 Å². The number of hydrogen-bond donors (Lipinski definition) is 1. The van der Waals surface area contributed by atoms with Gasteiger partial charge in [0.25, 0.3) is 0 Å². The lowest BCUT2D eigenvalue weighted by Crippen LogP contribution is -2.04. The van der Waals surface area contributed by atoms with Gasteiger partial charge in [-0.1, -0.05) is 56.8 Å². The van der Waals surface area contributed by atoms with Gasteiger partial charge >= 0.3 is 0 Å². The van der Waals surface area contributed by atoms with Gasteiger partial charge in [0.15, 0.2) is 11.5 Å². The van der Waals surface area contributed by atoms with Gasteiger partial charge in [-0.15, -0.1) is 0 Å². The fraction of sp³-hybridized carbons (Fsp3) is 0.182. The molecule has 0 aliphatic carbocycles. The molecule has 0 aliphatic heterocycles. The largest absolute Gasteiger partial charge is 0.490 e. The molecule has 0 aromatic heterocycles. The quantitative estimate of drug-likeness (QED) is 0.330. The van der Waals surface area contributed by atoms with Crippen LogP contribution in [-0.2, 0) is 13.2 Å². The van der Waals surface area contributed by atoms with Gasteiger partial charge in [-0.2, -0.15) is 0 Å². The zero-order valence-corrected chi connectivity index (χ0v) is 19.5. The van der Waals surface area contributed by atoms with E-state index in [2.05, 4.69) is 21.2 Å². The molecule has 0 amide bonds. The summed E-state index contributed by atoms with van der Waals surface area (Å²) >= 11 is 22.1. The van der Waals surface area contributed by atoms with Gasteiger partial charge in [-0.05, 0) is 55.0 Å². The molecule has 0 atom stereocenters. The number of halogens is 4. The molecule has 0 radical (unpaired) electrons. The minimum atomic E-state index is 0.281. The molecule has 3 aromatic carbocycles. The number of nitrogens with one attached hydrogen (secondary N) is 1. The molecule has 0 fully saturated rings. The van der Waals surface area contributed by atoms with Crippen LogP contribution in [0.3, 0.4) is 0 Å². The van der Waals surface area contributed by atoms with Crippen LogP contribution in [0.15, 0.2) is 59.1 Å². The second-order valence-corrected chi connectivity index (χ2v) is 8.37. The molecule has 0 spiro atoms. The Morgan fingerprint density at radius 3 is 2.21 bits per heavy atom. The molecular weight excluding hydrogens is 497 g/mol. The van der Waals surface area contributed by atoms with E-state index in [9.17, 15) is 0 Å². The van der Waals surface area contributed by atoms with Crippen molar-refractivity contribution in [3.63, 3.8) is 0 Å². The molecule has 0 saturated heterocycles. The van der Waals surface area contributed by atoms with Crippen molar-refractivity contribution in [1.82, 2.24) is 0 Å². The Morgan fingerprint density at radius 1 is 0.828 bits per heavy atom. The maximum atomic E-state index is 6.50. The molecule has 0 heterocycles.